The maximum absolute atomic E-state index is 12.9. The summed E-state index contributed by atoms with van der Waals surface area (Å²) in [5.41, 5.74) is 1.57. The van der Waals surface area contributed by atoms with Gasteiger partial charge < -0.3 is 0 Å². The van der Waals surface area contributed by atoms with Crippen LogP contribution in [-0.4, -0.2) is 11.8 Å². The maximum atomic E-state index is 12.9. The lowest BCUT2D eigenvalue weighted by Gasteiger charge is -2.37. The maximum Gasteiger partial charge on any atom is 0.238 e. The van der Waals surface area contributed by atoms with Crippen molar-refractivity contribution >= 4 is 29.1 Å². The van der Waals surface area contributed by atoms with Crippen LogP contribution in [0, 0.1) is 42.4 Å². The van der Waals surface area contributed by atoms with Gasteiger partial charge in [-0.25, -0.2) is 4.90 Å². The molecule has 2 bridgehead atoms. The number of amides is 2. The van der Waals surface area contributed by atoms with E-state index in [0.717, 1.165) is 5.56 Å². The van der Waals surface area contributed by atoms with Gasteiger partial charge in [-0.15, -0.1) is 0 Å². The van der Waals surface area contributed by atoms with Crippen LogP contribution < -0.4 is 4.90 Å². The zero-order valence-electron chi connectivity index (χ0n) is 12.2. The Morgan fingerprint density at radius 2 is 1.64 bits per heavy atom. The molecule has 0 aromatic heterocycles. The van der Waals surface area contributed by atoms with Crippen molar-refractivity contribution in [1.29, 1.82) is 0 Å². The summed E-state index contributed by atoms with van der Waals surface area (Å²) in [4.78, 5) is 27.2. The molecule has 1 aromatic rings. The highest BCUT2D eigenvalue weighted by molar-refractivity contribution is 6.32. The minimum Gasteiger partial charge on any atom is -0.274 e. The van der Waals surface area contributed by atoms with Crippen molar-refractivity contribution in [1.82, 2.24) is 0 Å². The molecule has 0 N–H and O–H groups in total. The van der Waals surface area contributed by atoms with Gasteiger partial charge in [-0.05, 0) is 54.7 Å². The van der Waals surface area contributed by atoms with Crippen LogP contribution in [-0.2, 0) is 9.59 Å². The monoisotopic (exact) mass is 313 g/mol. The van der Waals surface area contributed by atoms with Crippen LogP contribution in [0.15, 0.2) is 30.4 Å². The number of hydrogen-bond acceptors (Lipinski definition) is 2. The van der Waals surface area contributed by atoms with Crippen LogP contribution in [0.2, 0.25) is 5.02 Å². The highest BCUT2D eigenvalue weighted by Gasteiger charge is 2.67. The summed E-state index contributed by atoms with van der Waals surface area (Å²) in [6, 6.07) is 5.43. The number of aryl methyl sites for hydroxylation is 1. The number of benzene rings is 1. The van der Waals surface area contributed by atoms with Crippen LogP contribution in [0.1, 0.15) is 12.0 Å². The average molecular weight is 314 g/mol. The second-order valence-corrected chi connectivity index (χ2v) is 7.51. The molecule has 1 aromatic carbocycles. The summed E-state index contributed by atoms with van der Waals surface area (Å²) in [5, 5.41) is 0.594. The smallest absolute Gasteiger partial charge is 0.238 e. The van der Waals surface area contributed by atoms with Crippen molar-refractivity contribution in [2.45, 2.75) is 13.3 Å². The number of imide groups is 1. The van der Waals surface area contributed by atoms with Crippen molar-refractivity contribution in [3.05, 3.63) is 40.9 Å². The quantitative estimate of drug-likeness (QED) is 0.590. The molecule has 2 amide bonds. The van der Waals surface area contributed by atoms with Crippen molar-refractivity contribution in [2.75, 3.05) is 4.90 Å². The summed E-state index contributed by atoms with van der Waals surface area (Å²) in [7, 11) is 0. The van der Waals surface area contributed by atoms with E-state index in [1.807, 2.05) is 19.1 Å². The van der Waals surface area contributed by atoms with Crippen LogP contribution >= 0.6 is 11.6 Å². The fourth-order valence-corrected chi connectivity index (χ4v) is 5.11. The number of allylic oxidation sites excluding steroid dienone is 2. The van der Waals surface area contributed by atoms with Gasteiger partial charge in [0.2, 0.25) is 11.8 Å². The molecule has 2 saturated carbocycles. The van der Waals surface area contributed by atoms with E-state index in [9.17, 15) is 9.59 Å². The molecule has 0 unspecified atom stereocenters. The zero-order chi connectivity index (χ0) is 15.2. The molecule has 5 aliphatic rings. The van der Waals surface area contributed by atoms with Gasteiger partial charge in [-0.1, -0.05) is 29.8 Å². The Labute approximate surface area is 133 Å². The first-order valence-corrected chi connectivity index (χ1v) is 8.28. The van der Waals surface area contributed by atoms with Crippen molar-refractivity contribution in [2.24, 2.45) is 35.5 Å². The lowest BCUT2D eigenvalue weighted by Crippen LogP contribution is -2.40. The second kappa shape index (κ2) is 4.02. The third-order valence-electron chi connectivity index (χ3n) is 6.08. The Hall–Kier alpha value is -1.61. The fourth-order valence-electron chi connectivity index (χ4n) is 4.93. The van der Waals surface area contributed by atoms with Gasteiger partial charge >= 0.3 is 0 Å². The van der Waals surface area contributed by atoms with Gasteiger partial charge in [0.15, 0.2) is 0 Å². The van der Waals surface area contributed by atoms with Crippen molar-refractivity contribution in [3.63, 3.8) is 0 Å². The number of carbonyl (C=O) groups excluding carboxylic acids is 2. The molecule has 112 valence electrons. The van der Waals surface area contributed by atoms with E-state index < -0.39 is 0 Å². The Morgan fingerprint density at radius 3 is 2.18 bits per heavy atom. The molecule has 6 rings (SSSR count). The molecule has 3 nitrogen and oxygen atoms in total. The number of anilines is 1. The van der Waals surface area contributed by atoms with Gasteiger partial charge in [0.05, 0.1) is 17.5 Å². The van der Waals surface area contributed by atoms with Crippen LogP contribution in [0.25, 0.3) is 0 Å². The van der Waals surface area contributed by atoms with Gasteiger partial charge in [0.25, 0.3) is 0 Å². The molecule has 0 spiro atoms. The van der Waals surface area contributed by atoms with Crippen molar-refractivity contribution in [3.8, 4) is 0 Å². The highest BCUT2D eigenvalue weighted by Crippen LogP contribution is 2.65. The van der Waals surface area contributed by atoms with Gasteiger partial charge in [-0.2, -0.15) is 0 Å². The number of nitrogens with zero attached hydrogens (tertiary/aromatic N) is 1. The summed E-state index contributed by atoms with van der Waals surface area (Å²) in [5.74, 6) is 1.45. The topological polar surface area (TPSA) is 37.4 Å². The number of rotatable bonds is 1. The van der Waals surface area contributed by atoms with Crippen LogP contribution in [0.3, 0.4) is 0 Å². The van der Waals surface area contributed by atoms with E-state index in [1.54, 1.807) is 6.07 Å². The molecule has 22 heavy (non-hydrogen) atoms. The molecule has 1 heterocycles. The first-order valence-electron chi connectivity index (χ1n) is 7.90. The van der Waals surface area contributed by atoms with Gasteiger partial charge in [0.1, 0.15) is 0 Å². The van der Waals surface area contributed by atoms with Gasteiger partial charge in [0, 0.05) is 5.02 Å². The Kier molecular flexibility index (Phi) is 2.35. The van der Waals surface area contributed by atoms with Crippen LogP contribution in [0.4, 0.5) is 5.69 Å². The average Bonchev–Trinajstić information content (AvgIpc) is 3.28. The molecular weight excluding hydrogens is 298 g/mol. The molecule has 4 heteroatoms. The lowest BCUT2D eigenvalue weighted by molar-refractivity contribution is -0.124. The van der Waals surface area contributed by atoms with E-state index in [0.29, 0.717) is 22.5 Å². The van der Waals surface area contributed by atoms with E-state index >= 15 is 0 Å². The summed E-state index contributed by atoms with van der Waals surface area (Å²) in [6.45, 7) is 1.91. The molecule has 0 radical (unpaired) electrons. The minimum atomic E-state index is -0.147. The van der Waals surface area contributed by atoms with Crippen molar-refractivity contribution < 1.29 is 9.59 Å². The van der Waals surface area contributed by atoms with Crippen LogP contribution in [0.5, 0.6) is 0 Å². The van der Waals surface area contributed by atoms with Gasteiger partial charge in [-0.3, -0.25) is 9.59 Å². The molecule has 3 fully saturated rings. The highest BCUT2D eigenvalue weighted by atomic mass is 35.5. The third-order valence-corrected chi connectivity index (χ3v) is 6.48. The minimum absolute atomic E-state index is 0.0281. The SMILES string of the molecule is Cc1ccc(N2C(=O)[C@@H]3[C@H]4C=C[C@@H]([C@@H]5C[C@@H]45)[C@@H]3C2=O)cc1Cl. The van der Waals surface area contributed by atoms with E-state index in [1.165, 1.54) is 11.3 Å². The normalized spacial score (nSPS) is 40.9. The summed E-state index contributed by atoms with van der Waals surface area (Å²) >= 11 is 6.18. The van der Waals surface area contributed by atoms with E-state index in [4.69, 9.17) is 11.6 Å². The first-order chi connectivity index (χ1) is 10.6. The largest absolute Gasteiger partial charge is 0.274 e. The Balaban J connectivity index is 1.58. The number of halogens is 1. The predicted octanol–water partition coefficient (Wildman–Crippen LogP) is 3.21. The molecule has 6 atom stereocenters. The fraction of sp³-hybridized carbons (Fsp3) is 0.444. The molecule has 4 aliphatic carbocycles. The Bertz CT molecular complexity index is 719. The molecule has 1 saturated heterocycles. The second-order valence-electron chi connectivity index (χ2n) is 7.10. The lowest BCUT2D eigenvalue weighted by atomic mass is 9.63. The Morgan fingerprint density at radius 1 is 1.05 bits per heavy atom. The first kappa shape index (κ1) is 12.9. The standard InChI is InChI=1S/C18H16ClNO2/c1-8-2-3-9(6-14(8)19)20-17(21)15-10-4-5-11(13-7-12(10)13)16(15)18(20)22/h2-6,10-13,15-16H,7H2,1H3/t10-,11-,12-,13-,15-,16+/m0/s1. The predicted molar refractivity (Wildman–Crippen MR) is 83.4 cm³/mol. The van der Waals surface area contributed by atoms with E-state index in [2.05, 4.69) is 12.2 Å². The van der Waals surface area contributed by atoms with E-state index in [-0.39, 0.29) is 35.5 Å². The molecule has 1 aliphatic heterocycles. The third kappa shape index (κ3) is 1.43. The number of hydrogen-bond donors (Lipinski definition) is 0. The zero-order valence-corrected chi connectivity index (χ0v) is 13.0. The summed E-state index contributed by atoms with van der Waals surface area (Å²) < 4.78 is 0. The summed E-state index contributed by atoms with van der Waals surface area (Å²) in [6.07, 6.45) is 5.57. The molecular formula is C18H16ClNO2. The number of carbonyl (C=O) groups is 2.